The van der Waals surface area contributed by atoms with Crippen molar-refractivity contribution < 1.29 is 18.9 Å². The topological polar surface area (TPSA) is 52.5 Å². The van der Waals surface area contributed by atoms with Gasteiger partial charge < -0.3 is 23.8 Å². The van der Waals surface area contributed by atoms with Gasteiger partial charge in [-0.2, -0.15) is 0 Å². The number of halogens is 1. The molecule has 0 radical (unpaired) electrons. The van der Waals surface area contributed by atoms with Gasteiger partial charge >= 0.3 is 0 Å². The van der Waals surface area contributed by atoms with Gasteiger partial charge in [-0.15, -0.1) is 11.6 Å². The molecule has 148 valence electrons. The maximum Gasteiger partial charge on any atom is 0.163 e. The number of nitrogens with zero attached hydrogens (tertiary/aromatic N) is 2. The van der Waals surface area contributed by atoms with Crippen LogP contribution >= 0.6 is 11.6 Å². The minimum Gasteiger partial charge on any atom is -0.493 e. The Morgan fingerprint density at radius 3 is 2.46 bits per heavy atom. The highest BCUT2D eigenvalue weighted by Gasteiger charge is 2.27. The van der Waals surface area contributed by atoms with E-state index in [0.717, 1.165) is 34.0 Å². The lowest BCUT2D eigenvalue weighted by Gasteiger charge is -2.29. The largest absolute Gasteiger partial charge is 0.493 e. The van der Waals surface area contributed by atoms with Crippen LogP contribution in [0.5, 0.6) is 23.0 Å². The molecule has 2 aromatic rings. The Morgan fingerprint density at radius 2 is 1.79 bits per heavy atom. The average molecular weight is 403 g/mol. The van der Waals surface area contributed by atoms with E-state index in [0.29, 0.717) is 37.1 Å². The normalized spacial score (nSPS) is 18.1. The first-order valence-electron chi connectivity index (χ1n) is 9.16. The van der Waals surface area contributed by atoms with Gasteiger partial charge in [0.05, 0.1) is 38.2 Å². The van der Waals surface area contributed by atoms with Crippen LogP contribution in [0.4, 0.5) is 5.69 Å². The van der Waals surface area contributed by atoms with Gasteiger partial charge in [-0.1, -0.05) is 0 Å². The summed E-state index contributed by atoms with van der Waals surface area (Å²) in [6.07, 6.45) is 0. The molecule has 2 heterocycles. The molecule has 2 aliphatic rings. The molecule has 4 rings (SSSR count). The van der Waals surface area contributed by atoms with Crippen molar-refractivity contribution in [2.75, 3.05) is 51.8 Å². The Bertz CT molecular complexity index is 916. The number of hydrogen-bond acceptors (Lipinski definition) is 6. The fourth-order valence-electron chi connectivity index (χ4n) is 3.54. The third-order valence-electron chi connectivity index (χ3n) is 5.14. The Morgan fingerprint density at radius 1 is 1.07 bits per heavy atom. The van der Waals surface area contributed by atoms with Crippen LogP contribution in [-0.2, 0) is 0 Å². The van der Waals surface area contributed by atoms with Gasteiger partial charge in [0, 0.05) is 30.1 Å². The van der Waals surface area contributed by atoms with Crippen molar-refractivity contribution >= 4 is 23.0 Å². The van der Waals surface area contributed by atoms with Gasteiger partial charge in [-0.05, 0) is 24.3 Å². The maximum absolute atomic E-state index is 6.24. The van der Waals surface area contributed by atoms with E-state index in [1.54, 1.807) is 14.2 Å². The van der Waals surface area contributed by atoms with Gasteiger partial charge in [-0.25, -0.2) is 0 Å². The molecule has 0 bridgehead atoms. The maximum atomic E-state index is 6.24. The lowest BCUT2D eigenvalue weighted by Crippen LogP contribution is -2.35. The second-order valence-electron chi connectivity index (χ2n) is 6.69. The molecule has 0 aliphatic carbocycles. The Hall–Kier alpha value is -2.60. The van der Waals surface area contributed by atoms with Crippen molar-refractivity contribution in [3.8, 4) is 23.0 Å². The Kier molecular flexibility index (Phi) is 5.22. The summed E-state index contributed by atoms with van der Waals surface area (Å²) in [5.41, 5.74) is 3.80. The van der Waals surface area contributed by atoms with E-state index in [2.05, 4.69) is 4.90 Å². The lowest BCUT2D eigenvalue weighted by molar-refractivity contribution is 0.171. The van der Waals surface area contributed by atoms with Crippen molar-refractivity contribution in [2.45, 2.75) is 6.04 Å². The number of methoxy groups -OCH3 is 2. The van der Waals surface area contributed by atoms with Crippen LogP contribution in [0.3, 0.4) is 0 Å². The molecule has 0 amide bonds. The summed E-state index contributed by atoms with van der Waals surface area (Å²) in [5.74, 6) is 3.30. The highest BCUT2D eigenvalue weighted by molar-refractivity contribution is 6.19. The van der Waals surface area contributed by atoms with E-state index in [-0.39, 0.29) is 6.04 Å². The van der Waals surface area contributed by atoms with E-state index in [1.165, 1.54) is 0 Å². The summed E-state index contributed by atoms with van der Waals surface area (Å²) in [6.45, 7) is 1.67. The van der Waals surface area contributed by atoms with Crippen LogP contribution < -0.4 is 23.8 Å². The molecule has 28 heavy (non-hydrogen) atoms. The van der Waals surface area contributed by atoms with Gasteiger partial charge in [0.15, 0.2) is 23.0 Å². The van der Waals surface area contributed by atoms with Crippen LogP contribution in [0.1, 0.15) is 11.1 Å². The van der Waals surface area contributed by atoms with Crippen LogP contribution in [-0.4, -0.2) is 58.7 Å². The van der Waals surface area contributed by atoms with Crippen molar-refractivity contribution in [2.24, 2.45) is 4.99 Å². The van der Waals surface area contributed by atoms with Gasteiger partial charge in [0.2, 0.25) is 0 Å². The number of hydrogen-bond donors (Lipinski definition) is 0. The molecule has 0 saturated carbocycles. The minimum atomic E-state index is 0.0839. The molecule has 2 aromatic carbocycles. The number of likely N-dealkylation sites (N-methyl/N-ethyl adjacent to an activating group) is 1. The van der Waals surface area contributed by atoms with E-state index < -0.39 is 0 Å². The van der Waals surface area contributed by atoms with Crippen LogP contribution in [0.25, 0.3) is 0 Å². The Labute approximate surface area is 169 Å². The SMILES string of the molecule is COc1ccc(C2=NCC(CCl)N(C)c3cc4c(cc32)OCCO4)cc1OC. The first kappa shape index (κ1) is 18.7. The van der Waals surface area contributed by atoms with Crippen LogP contribution in [0, 0.1) is 0 Å². The number of benzene rings is 2. The van der Waals surface area contributed by atoms with E-state index in [9.17, 15) is 0 Å². The van der Waals surface area contributed by atoms with Crippen molar-refractivity contribution in [1.82, 2.24) is 0 Å². The molecule has 0 aromatic heterocycles. The second-order valence-corrected chi connectivity index (χ2v) is 7.00. The van der Waals surface area contributed by atoms with Gasteiger partial charge in [0.25, 0.3) is 0 Å². The molecule has 0 N–H and O–H groups in total. The van der Waals surface area contributed by atoms with E-state index in [4.69, 9.17) is 35.5 Å². The Balaban J connectivity index is 1.88. The van der Waals surface area contributed by atoms with Crippen LogP contribution in [0.2, 0.25) is 0 Å². The summed E-state index contributed by atoms with van der Waals surface area (Å²) >= 11 is 6.24. The standard InChI is InChI=1S/C21H23ClN2O4/c1-24-14(11-22)12-23-21(13-4-5-17(25-2)18(8-13)26-3)15-9-19-20(10-16(15)24)28-7-6-27-19/h4-5,8-10,14H,6-7,11-12H2,1-3H3. The highest BCUT2D eigenvalue weighted by Crippen LogP contribution is 2.40. The molecule has 7 heteroatoms. The molecule has 1 unspecified atom stereocenters. The first-order valence-corrected chi connectivity index (χ1v) is 9.69. The van der Waals surface area contributed by atoms with E-state index >= 15 is 0 Å². The molecule has 1 atom stereocenters. The van der Waals surface area contributed by atoms with Gasteiger partial charge in [-0.3, -0.25) is 4.99 Å². The predicted molar refractivity (Wildman–Crippen MR) is 110 cm³/mol. The number of fused-ring (bicyclic) bond motifs is 2. The summed E-state index contributed by atoms with van der Waals surface area (Å²) in [7, 11) is 5.29. The third kappa shape index (κ3) is 3.22. The fourth-order valence-corrected chi connectivity index (χ4v) is 3.85. The summed E-state index contributed by atoms with van der Waals surface area (Å²) in [4.78, 5) is 7.08. The van der Waals surface area contributed by atoms with Crippen molar-refractivity contribution in [3.63, 3.8) is 0 Å². The summed E-state index contributed by atoms with van der Waals surface area (Å²) in [6, 6.07) is 9.93. The zero-order valence-electron chi connectivity index (χ0n) is 16.2. The molecule has 2 aliphatic heterocycles. The number of aliphatic imine (C=N–C) groups is 1. The first-order chi connectivity index (χ1) is 13.7. The molecular weight excluding hydrogens is 380 g/mol. The lowest BCUT2D eigenvalue weighted by atomic mass is 9.98. The predicted octanol–water partition coefficient (Wildman–Crippen LogP) is 3.37. The average Bonchev–Trinajstić information content (AvgIpc) is 2.88. The zero-order valence-corrected chi connectivity index (χ0v) is 17.0. The van der Waals surface area contributed by atoms with Crippen molar-refractivity contribution in [1.29, 1.82) is 0 Å². The van der Waals surface area contributed by atoms with Gasteiger partial charge in [0.1, 0.15) is 13.2 Å². The quantitative estimate of drug-likeness (QED) is 0.734. The molecule has 0 fully saturated rings. The zero-order chi connectivity index (χ0) is 19.7. The molecule has 0 saturated heterocycles. The minimum absolute atomic E-state index is 0.0839. The molecule has 6 nitrogen and oxygen atoms in total. The monoisotopic (exact) mass is 402 g/mol. The third-order valence-corrected chi connectivity index (χ3v) is 5.49. The number of rotatable bonds is 4. The highest BCUT2D eigenvalue weighted by atomic mass is 35.5. The second kappa shape index (κ2) is 7.80. The van der Waals surface area contributed by atoms with E-state index in [1.807, 2.05) is 37.4 Å². The summed E-state index contributed by atoms with van der Waals surface area (Å²) in [5, 5.41) is 0. The number of ether oxygens (including phenoxy) is 4. The number of alkyl halides is 1. The van der Waals surface area contributed by atoms with Crippen molar-refractivity contribution in [3.05, 3.63) is 41.5 Å². The fraction of sp³-hybridized carbons (Fsp3) is 0.381. The van der Waals surface area contributed by atoms with Crippen LogP contribution in [0.15, 0.2) is 35.3 Å². The molecular formula is C21H23ClN2O4. The summed E-state index contributed by atoms with van der Waals surface area (Å²) < 4.78 is 22.5. The number of anilines is 1. The molecule has 0 spiro atoms. The smallest absolute Gasteiger partial charge is 0.163 e.